The molecule has 0 bridgehead atoms. The summed E-state index contributed by atoms with van der Waals surface area (Å²) in [7, 11) is -1.82. The van der Waals surface area contributed by atoms with E-state index in [0.717, 1.165) is 23.1 Å². The highest BCUT2D eigenvalue weighted by molar-refractivity contribution is 6.74. The van der Waals surface area contributed by atoms with E-state index in [1.165, 1.54) is 24.7 Å². The smallest absolute Gasteiger partial charge is 0.192 e. The summed E-state index contributed by atoms with van der Waals surface area (Å²) in [6, 6.07) is 6.12. The van der Waals surface area contributed by atoms with E-state index >= 15 is 0 Å². The SMILES string of the molecule is CC(C)(C)[Si](C)(C)OCCN(Cc1cn2cc(C3CC3)ccc2n1)c1cc(Cl)ncn1. The average Bonchev–Trinajstić information content (AvgIpc) is 3.46. The van der Waals surface area contributed by atoms with Crippen LogP contribution in [0.2, 0.25) is 23.3 Å². The standard InChI is InChI=1S/C23H32ClN5OSi/c1-23(2,3)31(4,5)30-11-10-28(22-12-20(24)25-16-26-22)14-19-15-29-13-18(17-6-7-17)8-9-21(29)27-19/h8-9,12-13,15-17H,6-7,10-11,14H2,1-5H3. The summed E-state index contributed by atoms with van der Waals surface area (Å²) in [4.78, 5) is 15.5. The molecule has 8 heteroatoms. The highest BCUT2D eigenvalue weighted by Gasteiger charge is 2.37. The molecule has 3 heterocycles. The first-order valence-corrected chi connectivity index (χ1v) is 14.2. The second-order valence-electron chi connectivity index (χ2n) is 9.96. The summed E-state index contributed by atoms with van der Waals surface area (Å²) in [5, 5.41) is 0.612. The maximum absolute atomic E-state index is 6.42. The van der Waals surface area contributed by atoms with Crippen LogP contribution in [-0.2, 0) is 11.0 Å². The van der Waals surface area contributed by atoms with Crippen molar-refractivity contribution >= 4 is 31.4 Å². The van der Waals surface area contributed by atoms with Gasteiger partial charge in [0, 0.05) is 25.0 Å². The molecule has 1 fully saturated rings. The molecule has 0 saturated heterocycles. The fourth-order valence-electron chi connectivity index (χ4n) is 3.39. The Bertz CT molecular complexity index is 1060. The fourth-order valence-corrected chi connectivity index (χ4v) is 4.57. The van der Waals surface area contributed by atoms with Gasteiger partial charge in [-0.1, -0.05) is 38.4 Å². The highest BCUT2D eigenvalue weighted by Crippen LogP contribution is 2.40. The Labute approximate surface area is 190 Å². The lowest BCUT2D eigenvalue weighted by Gasteiger charge is -2.37. The van der Waals surface area contributed by atoms with Crippen LogP contribution in [0.4, 0.5) is 5.82 Å². The predicted molar refractivity (Wildman–Crippen MR) is 128 cm³/mol. The molecule has 0 N–H and O–H groups in total. The largest absolute Gasteiger partial charge is 0.415 e. The Kier molecular flexibility index (Phi) is 6.11. The van der Waals surface area contributed by atoms with Crippen molar-refractivity contribution in [2.75, 3.05) is 18.1 Å². The van der Waals surface area contributed by atoms with Crippen LogP contribution >= 0.6 is 11.6 Å². The number of hydrogen-bond acceptors (Lipinski definition) is 5. The monoisotopic (exact) mass is 457 g/mol. The Balaban J connectivity index is 1.52. The van der Waals surface area contributed by atoms with E-state index in [1.807, 2.05) is 0 Å². The second-order valence-corrected chi connectivity index (χ2v) is 15.2. The molecule has 0 aromatic carbocycles. The van der Waals surface area contributed by atoms with Gasteiger partial charge in [-0.25, -0.2) is 15.0 Å². The van der Waals surface area contributed by atoms with Crippen molar-refractivity contribution in [3.8, 4) is 0 Å². The Morgan fingerprint density at radius 2 is 1.97 bits per heavy atom. The molecule has 0 spiro atoms. The number of imidazole rings is 1. The molecule has 0 amide bonds. The van der Waals surface area contributed by atoms with Gasteiger partial charge in [-0.2, -0.15) is 0 Å². The topological polar surface area (TPSA) is 55.6 Å². The van der Waals surface area contributed by atoms with Crippen LogP contribution in [0, 0.1) is 0 Å². The second kappa shape index (κ2) is 8.52. The van der Waals surface area contributed by atoms with Crippen LogP contribution in [-0.4, -0.2) is 40.8 Å². The molecule has 31 heavy (non-hydrogen) atoms. The molecule has 3 aromatic heterocycles. The third kappa shape index (κ3) is 5.27. The van der Waals surface area contributed by atoms with E-state index in [4.69, 9.17) is 21.0 Å². The Hall–Kier alpha value is -1.96. The fraction of sp³-hybridized carbons (Fsp3) is 0.522. The number of halogens is 1. The molecule has 4 rings (SSSR count). The van der Waals surface area contributed by atoms with E-state index in [2.05, 4.69) is 77.7 Å². The van der Waals surface area contributed by atoms with Gasteiger partial charge in [-0.05, 0) is 48.5 Å². The van der Waals surface area contributed by atoms with Crippen molar-refractivity contribution in [3.05, 3.63) is 53.3 Å². The van der Waals surface area contributed by atoms with Gasteiger partial charge in [-0.3, -0.25) is 0 Å². The average molecular weight is 458 g/mol. The predicted octanol–water partition coefficient (Wildman–Crippen LogP) is 5.68. The van der Waals surface area contributed by atoms with E-state index in [-0.39, 0.29) is 5.04 Å². The summed E-state index contributed by atoms with van der Waals surface area (Å²) in [6.45, 7) is 13.3. The van der Waals surface area contributed by atoms with Gasteiger partial charge < -0.3 is 13.7 Å². The number of fused-ring (bicyclic) bond motifs is 1. The molecular weight excluding hydrogens is 426 g/mol. The quantitative estimate of drug-likeness (QED) is 0.321. The van der Waals surface area contributed by atoms with Crippen molar-refractivity contribution in [2.24, 2.45) is 0 Å². The first-order chi connectivity index (χ1) is 14.6. The van der Waals surface area contributed by atoms with Crippen molar-refractivity contribution in [1.29, 1.82) is 0 Å². The third-order valence-electron chi connectivity index (χ3n) is 6.50. The number of nitrogens with zero attached hydrogens (tertiary/aromatic N) is 5. The van der Waals surface area contributed by atoms with Crippen LogP contribution < -0.4 is 4.90 Å². The van der Waals surface area contributed by atoms with E-state index in [9.17, 15) is 0 Å². The lowest BCUT2D eigenvalue weighted by atomic mass is 10.2. The minimum Gasteiger partial charge on any atom is -0.415 e. The summed E-state index contributed by atoms with van der Waals surface area (Å²) in [6.07, 6.45) is 8.43. The van der Waals surface area contributed by atoms with Crippen LogP contribution in [0.1, 0.15) is 50.8 Å². The van der Waals surface area contributed by atoms with Gasteiger partial charge in [-0.15, -0.1) is 0 Å². The lowest BCUT2D eigenvalue weighted by molar-refractivity contribution is 0.293. The van der Waals surface area contributed by atoms with Gasteiger partial charge in [0.1, 0.15) is 22.9 Å². The summed E-state index contributed by atoms with van der Waals surface area (Å²) in [5.41, 5.74) is 3.37. The van der Waals surface area contributed by atoms with Crippen molar-refractivity contribution < 1.29 is 4.43 Å². The van der Waals surface area contributed by atoms with Gasteiger partial charge in [0.2, 0.25) is 0 Å². The minimum absolute atomic E-state index is 0.177. The van der Waals surface area contributed by atoms with Crippen LogP contribution in [0.5, 0.6) is 0 Å². The van der Waals surface area contributed by atoms with Crippen molar-refractivity contribution in [2.45, 2.75) is 64.2 Å². The van der Waals surface area contributed by atoms with Gasteiger partial charge >= 0.3 is 0 Å². The molecule has 166 valence electrons. The number of aromatic nitrogens is 4. The molecule has 1 aliphatic rings. The third-order valence-corrected chi connectivity index (χ3v) is 11.2. The zero-order valence-electron chi connectivity index (χ0n) is 19.1. The van der Waals surface area contributed by atoms with Crippen molar-refractivity contribution in [1.82, 2.24) is 19.4 Å². The number of hydrogen-bond donors (Lipinski definition) is 0. The zero-order valence-corrected chi connectivity index (χ0v) is 20.9. The van der Waals surface area contributed by atoms with Gasteiger partial charge in [0.15, 0.2) is 8.32 Å². The van der Waals surface area contributed by atoms with E-state index < -0.39 is 8.32 Å². The molecule has 3 aromatic rings. The van der Waals surface area contributed by atoms with Crippen LogP contribution in [0.3, 0.4) is 0 Å². The number of pyridine rings is 1. The molecule has 0 unspecified atom stereocenters. The molecule has 0 atom stereocenters. The molecule has 0 radical (unpaired) electrons. The van der Waals surface area contributed by atoms with E-state index in [1.54, 1.807) is 6.07 Å². The minimum atomic E-state index is -1.82. The zero-order chi connectivity index (χ0) is 22.2. The maximum atomic E-state index is 6.42. The Morgan fingerprint density at radius 1 is 1.19 bits per heavy atom. The van der Waals surface area contributed by atoms with Crippen LogP contribution in [0.15, 0.2) is 36.9 Å². The summed E-state index contributed by atoms with van der Waals surface area (Å²) in [5.74, 6) is 1.51. The number of anilines is 1. The first kappa shape index (κ1) is 22.2. The normalized spacial score (nSPS) is 14.9. The molecule has 0 aliphatic heterocycles. The summed E-state index contributed by atoms with van der Waals surface area (Å²) >= 11 is 6.15. The first-order valence-electron chi connectivity index (χ1n) is 11.0. The van der Waals surface area contributed by atoms with Gasteiger partial charge in [0.25, 0.3) is 0 Å². The highest BCUT2D eigenvalue weighted by atomic mass is 35.5. The summed E-state index contributed by atoms with van der Waals surface area (Å²) < 4.78 is 8.56. The lowest BCUT2D eigenvalue weighted by Crippen LogP contribution is -2.42. The molecule has 1 aliphatic carbocycles. The molecule has 1 saturated carbocycles. The van der Waals surface area contributed by atoms with Crippen molar-refractivity contribution in [3.63, 3.8) is 0 Å². The van der Waals surface area contributed by atoms with Gasteiger partial charge in [0.05, 0.1) is 18.8 Å². The van der Waals surface area contributed by atoms with Crippen LogP contribution in [0.25, 0.3) is 5.65 Å². The molecule has 6 nitrogen and oxygen atoms in total. The van der Waals surface area contributed by atoms with E-state index in [0.29, 0.717) is 24.8 Å². The maximum Gasteiger partial charge on any atom is 0.192 e. The number of rotatable bonds is 8. The molecular formula is C23H32ClN5OSi. The Morgan fingerprint density at radius 3 is 2.65 bits per heavy atom.